The number of anilines is 1. The van der Waals surface area contributed by atoms with Crippen LogP contribution in [0.25, 0.3) is 0 Å². The van der Waals surface area contributed by atoms with E-state index >= 15 is 0 Å². The molecule has 0 bridgehead atoms. The standard InChI is InChI=1S/C16H22N4O/c1-4-20-10-9-17-15(20)11-18-14-7-5-13(6-8-14)16(21)19-12(2)3/h5-10,12,18H,4,11H2,1-3H3,(H,19,21). The fourth-order valence-corrected chi connectivity index (χ4v) is 2.06. The zero-order valence-electron chi connectivity index (χ0n) is 12.8. The molecule has 0 spiro atoms. The third-order valence-electron chi connectivity index (χ3n) is 3.16. The van der Waals surface area contributed by atoms with Crippen LogP contribution >= 0.6 is 0 Å². The molecule has 0 saturated heterocycles. The van der Waals surface area contributed by atoms with Crippen LogP contribution in [0.2, 0.25) is 0 Å². The van der Waals surface area contributed by atoms with Crippen molar-refractivity contribution in [1.82, 2.24) is 14.9 Å². The van der Waals surface area contributed by atoms with Crippen molar-refractivity contribution in [1.29, 1.82) is 0 Å². The number of hydrogen-bond donors (Lipinski definition) is 2. The van der Waals surface area contributed by atoms with Gasteiger partial charge in [0.05, 0.1) is 6.54 Å². The highest BCUT2D eigenvalue weighted by molar-refractivity contribution is 5.94. The Labute approximate surface area is 125 Å². The predicted octanol–water partition coefficient (Wildman–Crippen LogP) is 2.65. The van der Waals surface area contributed by atoms with Crippen LogP contribution in [0.4, 0.5) is 5.69 Å². The molecule has 0 unspecified atom stereocenters. The first-order valence-electron chi connectivity index (χ1n) is 7.25. The number of aryl methyl sites for hydroxylation is 1. The Kier molecular flexibility index (Phi) is 4.98. The molecule has 2 aromatic rings. The average Bonchev–Trinajstić information content (AvgIpc) is 2.92. The molecule has 0 fully saturated rings. The van der Waals surface area contributed by atoms with E-state index in [2.05, 4.69) is 27.1 Å². The van der Waals surface area contributed by atoms with Gasteiger partial charge in [-0.1, -0.05) is 0 Å². The van der Waals surface area contributed by atoms with Crippen LogP contribution in [0, 0.1) is 0 Å². The lowest BCUT2D eigenvalue weighted by Crippen LogP contribution is -2.29. The molecule has 0 atom stereocenters. The topological polar surface area (TPSA) is 59.0 Å². The molecule has 0 radical (unpaired) electrons. The second-order valence-corrected chi connectivity index (χ2v) is 5.19. The smallest absolute Gasteiger partial charge is 0.251 e. The van der Waals surface area contributed by atoms with Crippen molar-refractivity contribution >= 4 is 11.6 Å². The fraction of sp³-hybridized carbons (Fsp3) is 0.375. The highest BCUT2D eigenvalue weighted by atomic mass is 16.1. The van der Waals surface area contributed by atoms with E-state index in [1.807, 2.05) is 44.3 Å². The highest BCUT2D eigenvalue weighted by Gasteiger charge is 2.06. The van der Waals surface area contributed by atoms with Crippen molar-refractivity contribution in [3.63, 3.8) is 0 Å². The number of rotatable bonds is 6. The van der Waals surface area contributed by atoms with E-state index < -0.39 is 0 Å². The third kappa shape index (κ3) is 4.08. The van der Waals surface area contributed by atoms with Crippen LogP contribution < -0.4 is 10.6 Å². The van der Waals surface area contributed by atoms with Crippen LogP contribution in [0.5, 0.6) is 0 Å². The van der Waals surface area contributed by atoms with E-state index in [1.165, 1.54) is 0 Å². The summed E-state index contributed by atoms with van der Waals surface area (Å²) in [6.45, 7) is 7.56. The number of nitrogens with zero attached hydrogens (tertiary/aromatic N) is 2. The van der Waals surface area contributed by atoms with Gasteiger partial charge in [0.15, 0.2) is 0 Å². The largest absolute Gasteiger partial charge is 0.378 e. The van der Waals surface area contributed by atoms with Crippen molar-refractivity contribution in [2.24, 2.45) is 0 Å². The maximum Gasteiger partial charge on any atom is 0.251 e. The number of aromatic nitrogens is 2. The molecule has 0 aliphatic carbocycles. The maximum atomic E-state index is 11.8. The van der Waals surface area contributed by atoms with Crippen LogP contribution in [0.1, 0.15) is 37.0 Å². The number of carbonyl (C=O) groups excluding carboxylic acids is 1. The monoisotopic (exact) mass is 286 g/mol. The zero-order chi connectivity index (χ0) is 15.2. The summed E-state index contributed by atoms with van der Waals surface area (Å²) in [5.41, 5.74) is 1.64. The third-order valence-corrected chi connectivity index (χ3v) is 3.16. The quantitative estimate of drug-likeness (QED) is 0.858. The molecule has 0 aliphatic rings. The summed E-state index contributed by atoms with van der Waals surface area (Å²) in [5, 5.41) is 6.19. The van der Waals surface area contributed by atoms with Gasteiger partial charge in [0.25, 0.3) is 5.91 Å². The second kappa shape index (κ2) is 6.92. The van der Waals surface area contributed by atoms with Gasteiger partial charge >= 0.3 is 0 Å². The summed E-state index contributed by atoms with van der Waals surface area (Å²) in [6, 6.07) is 7.62. The normalized spacial score (nSPS) is 10.7. The highest BCUT2D eigenvalue weighted by Crippen LogP contribution is 2.11. The zero-order valence-corrected chi connectivity index (χ0v) is 12.8. The fourth-order valence-electron chi connectivity index (χ4n) is 2.06. The van der Waals surface area contributed by atoms with Gasteiger partial charge in [-0.05, 0) is 45.0 Å². The lowest BCUT2D eigenvalue weighted by molar-refractivity contribution is 0.0943. The Morgan fingerprint density at radius 1 is 1.29 bits per heavy atom. The van der Waals surface area contributed by atoms with E-state index in [4.69, 9.17) is 0 Å². The molecule has 0 saturated carbocycles. The van der Waals surface area contributed by atoms with Crippen molar-refractivity contribution in [2.45, 2.75) is 39.9 Å². The van der Waals surface area contributed by atoms with Crippen LogP contribution in [-0.2, 0) is 13.1 Å². The molecule has 5 nitrogen and oxygen atoms in total. The summed E-state index contributed by atoms with van der Waals surface area (Å²) in [7, 11) is 0. The van der Waals surface area contributed by atoms with Gasteiger partial charge in [0, 0.05) is 36.2 Å². The molecule has 5 heteroatoms. The Morgan fingerprint density at radius 3 is 2.62 bits per heavy atom. The Balaban J connectivity index is 1.95. The molecule has 0 aliphatic heterocycles. The van der Waals surface area contributed by atoms with Gasteiger partial charge in [0.1, 0.15) is 5.82 Å². The van der Waals surface area contributed by atoms with E-state index in [1.54, 1.807) is 6.20 Å². The lowest BCUT2D eigenvalue weighted by atomic mass is 10.2. The van der Waals surface area contributed by atoms with Gasteiger partial charge in [-0.3, -0.25) is 4.79 Å². The molecular formula is C16H22N4O. The van der Waals surface area contributed by atoms with Crippen LogP contribution in [-0.4, -0.2) is 21.5 Å². The Morgan fingerprint density at radius 2 is 2.00 bits per heavy atom. The van der Waals surface area contributed by atoms with Gasteiger partial charge in [0.2, 0.25) is 0 Å². The van der Waals surface area contributed by atoms with E-state index in [0.29, 0.717) is 12.1 Å². The first-order valence-corrected chi connectivity index (χ1v) is 7.25. The summed E-state index contributed by atoms with van der Waals surface area (Å²) < 4.78 is 2.09. The first-order chi connectivity index (χ1) is 10.1. The van der Waals surface area contributed by atoms with Gasteiger partial charge < -0.3 is 15.2 Å². The number of amides is 1. The molecule has 112 valence electrons. The minimum absolute atomic E-state index is 0.0434. The number of hydrogen-bond acceptors (Lipinski definition) is 3. The molecule has 21 heavy (non-hydrogen) atoms. The lowest BCUT2D eigenvalue weighted by Gasteiger charge is -2.10. The average molecular weight is 286 g/mol. The number of benzene rings is 1. The minimum Gasteiger partial charge on any atom is -0.378 e. The molecule has 1 aromatic carbocycles. The SMILES string of the molecule is CCn1ccnc1CNc1ccc(C(=O)NC(C)C)cc1. The van der Waals surface area contributed by atoms with E-state index in [9.17, 15) is 4.79 Å². The first kappa shape index (κ1) is 15.1. The van der Waals surface area contributed by atoms with E-state index in [0.717, 1.165) is 18.1 Å². The van der Waals surface area contributed by atoms with Crippen molar-refractivity contribution in [2.75, 3.05) is 5.32 Å². The number of imidazole rings is 1. The maximum absolute atomic E-state index is 11.8. The predicted molar refractivity (Wildman–Crippen MR) is 84.3 cm³/mol. The molecule has 1 heterocycles. The number of nitrogens with one attached hydrogen (secondary N) is 2. The molecular weight excluding hydrogens is 264 g/mol. The molecule has 1 aromatic heterocycles. The Hall–Kier alpha value is -2.30. The van der Waals surface area contributed by atoms with Crippen LogP contribution in [0.3, 0.4) is 0 Å². The summed E-state index contributed by atoms with van der Waals surface area (Å²) in [4.78, 5) is 16.2. The van der Waals surface area contributed by atoms with Crippen molar-refractivity contribution in [3.05, 3.63) is 48.0 Å². The van der Waals surface area contributed by atoms with Gasteiger partial charge in [-0.2, -0.15) is 0 Å². The number of carbonyl (C=O) groups is 1. The van der Waals surface area contributed by atoms with Gasteiger partial charge in [-0.15, -0.1) is 0 Å². The minimum atomic E-state index is -0.0434. The van der Waals surface area contributed by atoms with Crippen LogP contribution in [0.15, 0.2) is 36.7 Å². The summed E-state index contributed by atoms with van der Waals surface area (Å²) >= 11 is 0. The second-order valence-electron chi connectivity index (χ2n) is 5.19. The van der Waals surface area contributed by atoms with Crippen molar-refractivity contribution < 1.29 is 4.79 Å². The molecule has 2 N–H and O–H groups in total. The van der Waals surface area contributed by atoms with Gasteiger partial charge in [-0.25, -0.2) is 4.98 Å². The van der Waals surface area contributed by atoms with E-state index in [-0.39, 0.29) is 11.9 Å². The summed E-state index contributed by atoms with van der Waals surface area (Å²) in [5.74, 6) is 0.956. The molecule has 2 rings (SSSR count). The molecule has 1 amide bonds. The Bertz CT molecular complexity index is 587. The summed E-state index contributed by atoms with van der Waals surface area (Å²) in [6.07, 6.45) is 3.77. The van der Waals surface area contributed by atoms with Crippen molar-refractivity contribution in [3.8, 4) is 0 Å².